The van der Waals surface area contributed by atoms with Gasteiger partial charge in [0, 0.05) is 32.2 Å². The van der Waals surface area contributed by atoms with Crippen molar-refractivity contribution in [3.8, 4) is 0 Å². The highest BCUT2D eigenvalue weighted by molar-refractivity contribution is 7.91. The van der Waals surface area contributed by atoms with Crippen LogP contribution in [0.15, 0.2) is 48.5 Å². The lowest BCUT2D eigenvalue weighted by Crippen LogP contribution is -2.40. The van der Waals surface area contributed by atoms with Crippen molar-refractivity contribution < 1.29 is 8.42 Å². The molecule has 3 rings (SSSR count). The lowest BCUT2D eigenvalue weighted by atomic mass is 10.1. The van der Waals surface area contributed by atoms with Gasteiger partial charge in [0.15, 0.2) is 9.84 Å². The van der Waals surface area contributed by atoms with E-state index in [4.69, 9.17) is 0 Å². The Labute approximate surface area is 163 Å². The van der Waals surface area contributed by atoms with E-state index in [0.717, 1.165) is 32.6 Å². The molecule has 0 aliphatic carbocycles. The minimum Gasteiger partial charge on any atom is -0.311 e. The van der Waals surface area contributed by atoms with Gasteiger partial charge in [-0.1, -0.05) is 59.7 Å². The first-order valence-electron chi connectivity index (χ1n) is 9.67. The van der Waals surface area contributed by atoms with Gasteiger partial charge in [0.05, 0.1) is 11.5 Å². The zero-order chi connectivity index (χ0) is 19.3. The molecule has 1 N–H and O–H groups in total. The van der Waals surface area contributed by atoms with Gasteiger partial charge < -0.3 is 5.32 Å². The predicted molar refractivity (Wildman–Crippen MR) is 112 cm³/mol. The molecule has 0 spiro atoms. The molecule has 1 atom stereocenters. The summed E-state index contributed by atoms with van der Waals surface area (Å²) < 4.78 is 23.9. The molecule has 27 heavy (non-hydrogen) atoms. The van der Waals surface area contributed by atoms with E-state index in [9.17, 15) is 8.42 Å². The van der Waals surface area contributed by atoms with Crippen molar-refractivity contribution in [3.63, 3.8) is 0 Å². The van der Waals surface area contributed by atoms with Crippen molar-refractivity contribution in [2.75, 3.05) is 24.6 Å². The van der Waals surface area contributed by atoms with Gasteiger partial charge in [-0.25, -0.2) is 8.42 Å². The highest BCUT2D eigenvalue weighted by Gasteiger charge is 2.32. The Bertz CT molecular complexity index is 847. The molecule has 1 aliphatic rings. The summed E-state index contributed by atoms with van der Waals surface area (Å²) in [6.07, 6.45) is 0.742. The van der Waals surface area contributed by atoms with E-state index in [1.165, 1.54) is 22.3 Å². The molecule has 2 aromatic rings. The van der Waals surface area contributed by atoms with Crippen LogP contribution in [-0.4, -0.2) is 44.0 Å². The lowest BCUT2D eigenvalue weighted by Gasteiger charge is -2.28. The van der Waals surface area contributed by atoms with E-state index in [1.807, 2.05) is 0 Å². The zero-order valence-corrected chi connectivity index (χ0v) is 17.1. The summed E-state index contributed by atoms with van der Waals surface area (Å²) in [5.74, 6) is 0.607. The molecule has 5 heteroatoms. The van der Waals surface area contributed by atoms with Crippen molar-refractivity contribution in [1.82, 2.24) is 10.2 Å². The Balaban J connectivity index is 1.58. The van der Waals surface area contributed by atoms with Crippen LogP contribution in [0.3, 0.4) is 0 Å². The topological polar surface area (TPSA) is 49.4 Å². The fourth-order valence-corrected chi connectivity index (χ4v) is 5.42. The molecule has 2 aromatic carbocycles. The van der Waals surface area contributed by atoms with Gasteiger partial charge in [0.25, 0.3) is 0 Å². The molecule has 0 aromatic heterocycles. The summed E-state index contributed by atoms with van der Waals surface area (Å²) in [5, 5.41) is 3.50. The van der Waals surface area contributed by atoms with Crippen LogP contribution in [-0.2, 0) is 22.9 Å². The molecule has 0 saturated carbocycles. The average Bonchev–Trinajstić information content (AvgIpc) is 2.99. The van der Waals surface area contributed by atoms with Gasteiger partial charge >= 0.3 is 0 Å². The first-order valence-corrected chi connectivity index (χ1v) is 11.5. The van der Waals surface area contributed by atoms with Crippen LogP contribution in [0, 0.1) is 13.8 Å². The molecule has 1 saturated heterocycles. The summed E-state index contributed by atoms with van der Waals surface area (Å²) >= 11 is 0. The number of nitrogens with zero attached hydrogens (tertiary/aromatic N) is 1. The van der Waals surface area contributed by atoms with E-state index in [1.54, 1.807) is 0 Å². The molecule has 1 heterocycles. The standard InChI is InChI=1S/C22H30N2O2S/c1-18-6-8-20(9-7-18)15-23-11-12-24(22-10-13-27(25,26)17-22)16-21-5-3-4-19(2)14-21/h3-9,14,22-23H,10-13,15-17H2,1-2H3/t22-/m1/s1. The minimum atomic E-state index is -2.88. The van der Waals surface area contributed by atoms with Crippen LogP contribution in [0.2, 0.25) is 0 Å². The molecule has 0 unspecified atom stereocenters. The molecular formula is C22H30N2O2S. The van der Waals surface area contributed by atoms with Gasteiger partial charge in [0.1, 0.15) is 0 Å². The smallest absolute Gasteiger partial charge is 0.151 e. The quantitative estimate of drug-likeness (QED) is 0.709. The van der Waals surface area contributed by atoms with Crippen LogP contribution >= 0.6 is 0 Å². The third-order valence-corrected chi connectivity index (χ3v) is 6.97. The van der Waals surface area contributed by atoms with Crippen molar-refractivity contribution in [1.29, 1.82) is 0 Å². The number of benzene rings is 2. The molecule has 4 nitrogen and oxygen atoms in total. The van der Waals surface area contributed by atoms with Crippen molar-refractivity contribution in [2.24, 2.45) is 0 Å². The van der Waals surface area contributed by atoms with E-state index < -0.39 is 9.84 Å². The van der Waals surface area contributed by atoms with Crippen LogP contribution in [0.25, 0.3) is 0 Å². The van der Waals surface area contributed by atoms with Crippen LogP contribution in [0.4, 0.5) is 0 Å². The largest absolute Gasteiger partial charge is 0.311 e. The molecule has 146 valence electrons. The minimum absolute atomic E-state index is 0.122. The Morgan fingerprint density at radius 2 is 1.81 bits per heavy atom. The van der Waals surface area contributed by atoms with Crippen molar-refractivity contribution in [2.45, 2.75) is 39.4 Å². The molecular weight excluding hydrogens is 356 g/mol. The summed E-state index contributed by atoms with van der Waals surface area (Å²) in [5.41, 5.74) is 5.03. The third-order valence-electron chi connectivity index (χ3n) is 5.22. The fraction of sp³-hybridized carbons (Fsp3) is 0.455. The highest BCUT2D eigenvalue weighted by atomic mass is 32.2. The Kier molecular flexibility index (Phi) is 6.68. The van der Waals surface area contributed by atoms with Crippen molar-refractivity contribution in [3.05, 3.63) is 70.8 Å². The summed E-state index contributed by atoms with van der Waals surface area (Å²) in [6.45, 7) is 7.51. The maximum atomic E-state index is 12.0. The summed E-state index contributed by atoms with van der Waals surface area (Å²) in [7, 11) is -2.88. The maximum Gasteiger partial charge on any atom is 0.151 e. The lowest BCUT2D eigenvalue weighted by molar-refractivity contribution is 0.203. The van der Waals surface area contributed by atoms with E-state index >= 15 is 0 Å². The molecule has 0 amide bonds. The third kappa shape index (κ3) is 6.16. The van der Waals surface area contributed by atoms with E-state index in [2.05, 4.69) is 72.6 Å². The van der Waals surface area contributed by atoms with E-state index in [-0.39, 0.29) is 11.8 Å². The fourth-order valence-electron chi connectivity index (χ4n) is 3.66. The normalized spacial score (nSPS) is 18.9. The van der Waals surface area contributed by atoms with Crippen molar-refractivity contribution >= 4 is 9.84 Å². The predicted octanol–water partition coefficient (Wildman–Crippen LogP) is 3.08. The molecule has 0 radical (unpaired) electrons. The van der Waals surface area contributed by atoms with E-state index in [0.29, 0.717) is 5.75 Å². The average molecular weight is 387 g/mol. The number of hydrogen-bond acceptors (Lipinski definition) is 4. The Morgan fingerprint density at radius 3 is 2.48 bits per heavy atom. The molecule has 1 fully saturated rings. The number of sulfone groups is 1. The Morgan fingerprint density at radius 1 is 1.04 bits per heavy atom. The first kappa shape index (κ1) is 20.1. The number of aryl methyl sites for hydroxylation is 2. The maximum absolute atomic E-state index is 12.0. The second kappa shape index (κ2) is 9.00. The highest BCUT2D eigenvalue weighted by Crippen LogP contribution is 2.20. The zero-order valence-electron chi connectivity index (χ0n) is 16.3. The van der Waals surface area contributed by atoms with Gasteiger partial charge in [-0.15, -0.1) is 0 Å². The number of rotatable bonds is 8. The monoisotopic (exact) mass is 386 g/mol. The second-order valence-corrected chi connectivity index (χ2v) is 9.91. The SMILES string of the molecule is Cc1ccc(CNCCN(Cc2cccc(C)c2)[C@@H]2CCS(=O)(=O)C2)cc1. The summed E-state index contributed by atoms with van der Waals surface area (Å²) in [4.78, 5) is 2.33. The van der Waals surface area contributed by atoms with Crippen LogP contribution in [0.1, 0.15) is 28.7 Å². The van der Waals surface area contributed by atoms with Gasteiger partial charge in [-0.3, -0.25) is 4.90 Å². The second-order valence-electron chi connectivity index (χ2n) is 7.68. The molecule has 1 aliphatic heterocycles. The van der Waals surface area contributed by atoms with Crippen LogP contribution in [0.5, 0.6) is 0 Å². The number of hydrogen-bond donors (Lipinski definition) is 1. The van der Waals surface area contributed by atoms with Crippen LogP contribution < -0.4 is 5.32 Å². The van der Waals surface area contributed by atoms with Gasteiger partial charge in [-0.2, -0.15) is 0 Å². The first-order chi connectivity index (χ1) is 12.9. The Hall–Kier alpha value is -1.69. The van der Waals surface area contributed by atoms with Gasteiger partial charge in [0.2, 0.25) is 0 Å². The summed E-state index contributed by atoms with van der Waals surface area (Å²) in [6, 6.07) is 17.2. The molecule has 0 bridgehead atoms. The van der Waals surface area contributed by atoms with Gasteiger partial charge in [-0.05, 0) is 31.4 Å². The number of nitrogens with one attached hydrogen (secondary N) is 1.